The van der Waals surface area contributed by atoms with E-state index < -0.39 is 0 Å². The Kier molecular flexibility index (Phi) is 3.30. The van der Waals surface area contributed by atoms with Crippen molar-refractivity contribution in [2.75, 3.05) is 5.06 Å². The Hall–Kier alpha value is -2.33. The maximum atomic E-state index is 12.0. The highest BCUT2D eigenvalue weighted by Gasteiger charge is 2.23. The fourth-order valence-electron chi connectivity index (χ4n) is 1.84. The van der Waals surface area contributed by atoms with Crippen molar-refractivity contribution in [1.82, 2.24) is 5.32 Å². The highest BCUT2D eigenvalue weighted by atomic mass is 16.5. The summed E-state index contributed by atoms with van der Waals surface area (Å²) in [6.45, 7) is 5.50. The van der Waals surface area contributed by atoms with E-state index in [0.29, 0.717) is 22.6 Å². The van der Waals surface area contributed by atoms with Crippen LogP contribution in [-0.2, 0) is 0 Å². The summed E-state index contributed by atoms with van der Waals surface area (Å²) in [4.78, 5) is 12.0. The molecular formula is C14H14N2O2. The van der Waals surface area contributed by atoms with Crippen LogP contribution in [0.4, 0.5) is 5.69 Å². The van der Waals surface area contributed by atoms with Gasteiger partial charge in [-0.2, -0.15) is 0 Å². The van der Waals surface area contributed by atoms with E-state index in [2.05, 4.69) is 11.9 Å². The zero-order chi connectivity index (χ0) is 13.1. The molecule has 2 N–H and O–H groups in total. The molecule has 4 heteroatoms. The fraction of sp³-hybridized carbons (Fsp3) is 0.0714. The normalized spacial score (nSPS) is 15.4. The van der Waals surface area contributed by atoms with Gasteiger partial charge < -0.3 is 5.32 Å². The number of amides is 1. The van der Waals surface area contributed by atoms with Gasteiger partial charge in [-0.1, -0.05) is 24.8 Å². The second-order valence-electron chi connectivity index (χ2n) is 3.79. The number of rotatable bonds is 2. The quantitative estimate of drug-likeness (QED) is 0.838. The van der Waals surface area contributed by atoms with Crippen molar-refractivity contribution in [3.8, 4) is 0 Å². The van der Waals surface area contributed by atoms with Gasteiger partial charge in [0.1, 0.15) is 0 Å². The number of carbonyl (C=O) groups is 1. The first kappa shape index (κ1) is 12.1. The molecule has 1 aromatic carbocycles. The Bertz CT molecular complexity index is 559. The summed E-state index contributed by atoms with van der Waals surface area (Å²) in [6, 6.07) is 6.85. The first-order valence-corrected chi connectivity index (χ1v) is 5.57. The van der Waals surface area contributed by atoms with Gasteiger partial charge in [0.2, 0.25) is 0 Å². The third-order valence-corrected chi connectivity index (χ3v) is 2.66. The van der Waals surface area contributed by atoms with Gasteiger partial charge in [0.05, 0.1) is 22.6 Å². The van der Waals surface area contributed by atoms with Gasteiger partial charge in [-0.15, -0.1) is 0 Å². The van der Waals surface area contributed by atoms with Crippen LogP contribution in [0.25, 0.3) is 0 Å². The first-order valence-electron chi connectivity index (χ1n) is 5.57. The van der Waals surface area contributed by atoms with E-state index in [1.165, 1.54) is 6.08 Å². The van der Waals surface area contributed by atoms with E-state index in [-0.39, 0.29) is 5.91 Å². The van der Waals surface area contributed by atoms with Crippen LogP contribution in [-0.4, -0.2) is 11.1 Å². The lowest BCUT2D eigenvalue weighted by Gasteiger charge is -2.18. The van der Waals surface area contributed by atoms with Crippen molar-refractivity contribution in [3.05, 3.63) is 66.0 Å². The van der Waals surface area contributed by atoms with E-state index in [4.69, 9.17) is 0 Å². The van der Waals surface area contributed by atoms with Crippen LogP contribution in [0.15, 0.2) is 60.5 Å². The predicted molar refractivity (Wildman–Crippen MR) is 70.2 cm³/mol. The fourth-order valence-corrected chi connectivity index (χ4v) is 1.84. The minimum absolute atomic E-state index is 0.255. The lowest BCUT2D eigenvalue weighted by atomic mass is 10.1. The van der Waals surface area contributed by atoms with E-state index >= 15 is 0 Å². The van der Waals surface area contributed by atoms with Crippen LogP contribution in [0.2, 0.25) is 0 Å². The Morgan fingerprint density at radius 2 is 2.11 bits per heavy atom. The molecule has 0 unspecified atom stereocenters. The Morgan fingerprint density at radius 3 is 2.78 bits per heavy atom. The van der Waals surface area contributed by atoms with Crippen molar-refractivity contribution in [3.63, 3.8) is 0 Å². The summed E-state index contributed by atoms with van der Waals surface area (Å²) >= 11 is 0. The molecule has 0 saturated carbocycles. The van der Waals surface area contributed by atoms with Crippen molar-refractivity contribution in [2.45, 2.75) is 6.92 Å². The molecule has 1 aliphatic heterocycles. The van der Waals surface area contributed by atoms with Crippen molar-refractivity contribution in [2.24, 2.45) is 0 Å². The summed E-state index contributed by atoms with van der Waals surface area (Å²) in [6.07, 6.45) is 4.99. The van der Waals surface area contributed by atoms with Gasteiger partial charge in [-0.3, -0.25) is 10.0 Å². The van der Waals surface area contributed by atoms with Gasteiger partial charge in [-0.25, -0.2) is 5.06 Å². The van der Waals surface area contributed by atoms with E-state index in [1.807, 2.05) is 6.92 Å². The smallest absolute Gasteiger partial charge is 0.257 e. The average Bonchev–Trinajstić information content (AvgIpc) is 2.48. The molecule has 2 rings (SSSR count). The number of nitrogens with zero attached hydrogens (tertiary/aromatic N) is 1. The Labute approximate surface area is 105 Å². The molecular weight excluding hydrogens is 228 g/mol. The number of para-hydroxylation sites is 1. The van der Waals surface area contributed by atoms with Gasteiger partial charge in [-0.05, 0) is 31.2 Å². The number of hydrogen-bond donors (Lipinski definition) is 2. The zero-order valence-electron chi connectivity index (χ0n) is 10.1. The summed E-state index contributed by atoms with van der Waals surface area (Å²) in [7, 11) is 0. The van der Waals surface area contributed by atoms with E-state index in [1.54, 1.807) is 36.4 Å². The molecule has 0 bridgehead atoms. The number of anilines is 1. The third-order valence-electron chi connectivity index (χ3n) is 2.66. The van der Waals surface area contributed by atoms with Crippen LogP contribution < -0.4 is 10.4 Å². The molecule has 0 radical (unpaired) electrons. The minimum atomic E-state index is -0.255. The van der Waals surface area contributed by atoms with Gasteiger partial charge >= 0.3 is 0 Å². The second kappa shape index (κ2) is 4.89. The molecule has 0 fully saturated rings. The van der Waals surface area contributed by atoms with E-state index in [0.717, 1.165) is 5.06 Å². The van der Waals surface area contributed by atoms with Crippen LogP contribution in [0.5, 0.6) is 0 Å². The number of benzene rings is 1. The predicted octanol–water partition coefficient (Wildman–Crippen LogP) is 2.60. The van der Waals surface area contributed by atoms with Gasteiger partial charge in [0.15, 0.2) is 0 Å². The van der Waals surface area contributed by atoms with Crippen LogP contribution >= 0.6 is 0 Å². The zero-order valence-corrected chi connectivity index (χ0v) is 10.1. The monoisotopic (exact) mass is 242 g/mol. The minimum Gasteiger partial charge on any atom is -0.320 e. The molecule has 0 aromatic heterocycles. The Morgan fingerprint density at radius 1 is 1.39 bits per heavy atom. The van der Waals surface area contributed by atoms with Crippen molar-refractivity contribution in [1.29, 1.82) is 0 Å². The van der Waals surface area contributed by atoms with Crippen LogP contribution in [0.3, 0.4) is 0 Å². The van der Waals surface area contributed by atoms with Gasteiger partial charge in [0, 0.05) is 0 Å². The maximum Gasteiger partial charge on any atom is 0.257 e. The van der Waals surface area contributed by atoms with Crippen molar-refractivity contribution < 1.29 is 10.0 Å². The largest absolute Gasteiger partial charge is 0.320 e. The lowest BCUT2D eigenvalue weighted by molar-refractivity contribution is 0.0968. The molecule has 0 saturated heterocycles. The lowest BCUT2D eigenvalue weighted by Crippen LogP contribution is -2.21. The molecule has 1 amide bonds. The number of hydroxylamine groups is 1. The summed E-state index contributed by atoms with van der Waals surface area (Å²) in [5.74, 6) is -0.255. The summed E-state index contributed by atoms with van der Waals surface area (Å²) in [5.41, 5.74) is 1.80. The maximum absolute atomic E-state index is 12.0. The molecule has 1 aliphatic rings. The molecule has 1 aromatic rings. The average molecular weight is 242 g/mol. The second-order valence-corrected chi connectivity index (χ2v) is 3.79. The van der Waals surface area contributed by atoms with Crippen molar-refractivity contribution >= 4 is 11.6 Å². The summed E-state index contributed by atoms with van der Waals surface area (Å²) in [5, 5.41) is 13.9. The third kappa shape index (κ3) is 1.94. The molecule has 92 valence electrons. The van der Waals surface area contributed by atoms with E-state index in [9.17, 15) is 10.0 Å². The van der Waals surface area contributed by atoms with Crippen LogP contribution in [0.1, 0.15) is 17.3 Å². The SMILES string of the molecule is C=CC1=C(/C=C\C)NC(=O)c2ccccc2N1O. The number of fused-ring (bicyclic) bond motifs is 1. The number of allylic oxidation sites excluding steroid dienone is 3. The Balaban J connectivity index is 2.64. The molecule has 4 nitrogen and oxygen atoms in total. The number of hydrogen-bond acceptors (Lipinski definition) is 3. The highest BCUT2D eigenvalue weighted by Crippen LogP contribution is 2.27. The molecule has 0 spiro atoms. The highest BCUT2D eigenvalue weighted by molar-refractivity contribution is 6.02. The topological polar surface area (TPSA) is 52.6 Å². The first-order chi connectivity index (χ1) is 8.69. The molecule has 18 heavy (non-hydrogen) atoms. The summed E-state index contributed by atoms with van der Waals surface area (Å²) < 4.78 is 0. The molecule has 1 heterocycles. The molecule has 0 aliphatic carbocycles. The molecule has 0 atom stereocenters. The number of carbonyl (C=O) groups excluding carboxylic acids is 1. The van der Waals surface area contributed by atoms with Crippen LogP contribution in [0, 0.1) is 0 Å². The standard InChI is InChI=1S/C14H14N2O2/c1-3-7-11-12(4-2)16(18)13-9-6-5-8-10(13)14(17)15-11/h3-9,18H,2H2,1H3,(H,15,17)/b7-3-. The number of nitrogens with one attached hydrogen (secondary N) is 1. The van der Waals surface area contributed by atoms with Gasteiger partial charge in [0.25, 0.3) is 5.91 Å².